The number of aromatic carboxylic acids is 3. The first-order valence-electron chi connectivity index (χ1n) is 18.3. The lowest BCUT2D eigenvalue weighted by molar-refractivity contribution is 0.0686. The molecule has 57 heavy (non-hydrogen) atoms. The minimum Gasteiger partial charge on any atom is -0.478 e. The number of carbonyl (C=O) groups is 3. The van der Waals surface area contributed by atoms with Gasteiger partial charge in [0.25, 0.3) is 0 Å². The Balaban J connectivity index is 1.27. The van der Waals surface area contributed by atoms with Crippen LogP contribution in [0.1, 0.15) is 102 Å². The molecule has 1 saturated carbocycles. The van der Waals surface area contributed by atoms with E-state index < -0.39 is 17.9 Å². The molecule has 6 N–H and O–H groups in total. The Morgan fingerprint density at radius 1 is 0.474 bits per heavy atom. The van der Waals surface area contributed by atoms with Gasteiger partial charge in [0, 0.05) is 53.4 Å². The molecule has 0 spiro atoms. The van der Waals surface area contributed by atoms with Crippen LogP contribution >= 0.6 is 0 Å². The van der Waals surface area contributed by atoms with Crippen LogP contribution in [0.15, 0.2) is 110 Å². The van der Waals surface area contributed by atoms with Crippen molar-refractivity contribution in [1.29, 1.82) is 0 Å². The molecular weight excluding hydrogens is 727 g/mol. The highest BCUT2D eigenvalue weighted by molar-refractivity contribution is 5.90. The molecule has 15 nitrogen and oxygen atoms in total. The molecule has 6 heterocycles. The van der Waals surface area contributed by atoms with Crippen molar-refractivity contribution in [3.8, 4) is 0 Å². The zero-order valence-electron chi connectivity index (χ0n) is 30.6. The molecule has 0 saturated heterocycles. The molecule has 288 valence electrons. The van der Waals surface area contributed by atoms with Crippen LogP contribution in [0.5, 0.6) is 0 Å². The van der Waals surface area contributed by atoms with Gasteiger partial charge in [-0.2, -0.15) is 0 Å². The monoisotopic (exact) mass is 765 g/mol. The standard InChI is InChI=1S/C42H39N9O6/c52-40(53)28-16-34(49-37(19-28)46-22-31-7-1-4-10-43-31)25-13-26(35-17-29(41(54)55)20-38(50-35)47-23-32-8-2-5-11-44-32)15-27(14-25)36-18-30(42(56)57)21-39(51-36)48-24-33-9-3-6-12-45-33/h1-12,16-21,25-27H,13-15,22-24H2,(H,46,49)(H,47,50)(H,48,51)(H,52,53)(H,54,55)(H,56,57). The molecule has 1 fully saturated rings. The summed E-state index contributed by atoms with van der Waals surface area (Å²) in [6.45, 7) is 0.936. The van der Waals surface area contributed by atoms with E-state index in [1.54, 1.807) is 36.8 Å². The van der Waals surface area contributed by atoms with Crippen LogP contribution in [0.25, 0.3) is 0 Å². The number of rotatable bonds is 15. The first kappa shape index (κ1) is 38.0. The summed E-state index contributed by atoms with van der Waals surface area (Å²) in [5.41, 5.74) is 3.90. The van der Waals surface area contributed by atoms with E-state index in [4.69, 9.17) is 15.0 Å². The first-order chi connectivity index (χ1) is 27.7. The lowest BCUT2D eigenvalue weighted by Gasteiger charge is -2.35. The third-order valence-corrected chi connectivity index (χ3v) is 9.77. The van der Waals surface area contributed by atoms with E-state index in [2.05, 4.69) is 30.9 Å². The summed E-state index contributed by atoms with van der Waals surface area (Å²) in [4.78, 5) is 65.0. The highest BCUT2D eigenvalue weighted by atomic mass is 16.4. The molecule has 0 aliphatic heterocycles. The van der Waals surface area contributed by atoms with Gasteiger partial charge < -0.3 is 31.3 Å². The Bertz CT molecular complexity index is 2100. The number of carboxylic acids is 3. The zero-order valence-corrected chi connectivity index (χ0v) is 30.6. The number of hydrogen-bond acceptors (Lipinski definition) is 12. The van der Waals surface area contributed by atoms with Gasteiger partial charge in [-0.05, 0) is 92.1 Å². The maximum atomic E-state index is 12.4. The van der Waals surface area contributed by atoms with Gasteiger partial charge in [0.15, 0.2) is 0 Å². The number of pyridine rings is 6. The largest absolute Gasteiger partial charge is 0.478 e. The number of aromatic nitrogens is 6. The van der Waals surface area contributed by atoms with Crippen LogP contribution in [0, 0.1) is 0 Å². The summed E-state index contributed by atoms with van der Waals surface area (Å²) in [5.74, 6) is -3.38. The third kappa shape index (κ3) is 9.88. The van der Waals surface area contributed by atoms with Crippen molar-refractivity contribution in [2.75, 3.05) is 16.0 Å². The Morgan fingerprint density at radius 3 is 1.02 bits per heavy atom. The first-order valence-corrected chi connectivity index (χ1v) is 18.3. The zero-order chi connectivity index (χ0) is 39.7. The Morgan fingerprint density at radius 2 is 0.772 bits per heavy atom. The molecule has 0 atom stereocenters. The Kier molecular flexibility index (Phi) is 11.6. The minimum atomic E-state index is -1.12. The van der Waals surface area contributed by atoms with E-state index in [1.165, 1.54) is 18.2 Å². The normalized spacial score (nSPS) is 16.3. The maximum absolute atomic E-state index is 12.4. The molecule has 0 bridgehead atoms. The van der Waals surface area contributed by atoms with E-state index in [0.717, 1.165) is 17.1 Å². The predicted molar refractivity (Wildman–Crippen MR) is 210 cm³/mol. The third-order valence-electron chi connectivity index (χ3n) is 9.77. The topological polar surface area (TPSA) is 225 Å². The van der Waals surface area contributed by atoms with Gasteiger partial charge >= 0.3 is 17.9 Å². The highest BCUT2D eigenvalue weighted by Gasteiger charge is 2.35. The molecule has 0 aromatic carbocycles. The summed E-state index contributed by atoms with van der Waals surface area (Å²) in [6.07, 6.45) is 6.37. The second kappa shape index (κ2) is 17.5. The summed E-state index contributed by atoms with van der Waals surface area (Å²) < 4.78 is 0. The summed E-state index contributed by atoms with van der Waals surface area (Å²) in [5, 5.41) is 40.1. The van der Waals surface area contributed by atoms with Gasteiger partial charge in [0.05, 0.1) is 53.4 Å². The van der Waals surface area contributed by atoms with Crippen molar-refractivity contribution in [3.05, 3.63) is 160 Å². The van der Waals surface area contributed by atoms with E-state index >= 15 is 0 Å². The fourth-order valence-electron chi connectivity index (χ4n) is 7.02. The molecule has 0 amide bonds. The summed E-state index contributed by atoms with van der Waals surface area (Å²) >= 11 is 0. The predicted octanol–water partition coefficient (Wildman–Crippen LogP) is 6.82. The highest BCUT2D eigenvalue weighted by Crippen LogP contribution is 2.48. The lowest BCUT2D eigenvalue weighted by Crippen LogP contribution is -2.23. The molecule has 1 aliphatic rings. The second-order valence-electron chi connectivity index (χ2n) is 13.7. The van der Waals surface area contributed by atoms with Gasteiger partial charge in [-0.15, -0.1) is 0 Å². The van der Waals surface area contributed by atoms with Crippen molar-refractivity contribution in [3.63, 3.8) is 0 Å². The molecule has 6 aromatic rings. The van der Waals surface area contributed by atoms with E-state index in [1.807, 2.05) is 54.6 Å². The van der Waals surface area contributed by atoms with Crippen LogP contribution in [0.3, 0.4) is 0 Å². The molecule has 0 unspecified atom stereocenters. The van der Waals surface area contributed by atoms with E-state index in [0.29, 0.717) is 73.4 Å². The van der Waals surface area contributed by atoms with Crippen molar-refractivity contribution < 1.29 is 29.7 Å². The smallest absolute Gasteiger partial charge is 0.335 e. The Labute approximate surface area is 327 Å². The number of hydrogen-bond donors (Lipinski definition) is 6. The summed E-state index contributed by atoms with van der Waals surface area (Å²) in [6, 6.07) is 25.6. The van der Waals surface area contributed by atoms with Crippen LogP contribution in [0.2, 0.25) is 0 Å². The van der Waals surface area contributed by atoms with E-state index in [-0.39, 0.29) is 34.4 Å². The van der Waals surface area contributed by atoms with Crippen molar-refractivity contribution in [2.45, 2.75) is 56.7 Å². The lowest BCUT2D eigenvalue weighted by atomic mass is 9.71. The fraction of sp³-hybridized carbons (Fsp3) is 0.214. The van der Waals surface area contributed by atoms with Gasteiger partial charge in [-0.25, -0.2) is 29.3 Å². The summed E-state index contributed by atoms with van der Waals surface area (Å²) in [7, 11) is 0. The average molecular weight is 766 g/mol. The van der Waals surface area contributed by atoms with Gasteiger partial charge in [-0.1, -0.05) is 18.2 Å². The number of carboxylic acid groups (broad SMARTS) is 3. The second-order valence-corrected chi connectivity index (χ2v) is 13.7. The fourth-order valence-corrected chi connectivity index (χ4v) is 7.02. The van der Waals surface area contributed by atoms with Crippen LogP contribution in [-0.4, -0.2) is 63.1 Å². The minimum absolute atomic E-state index is 0.0428. The van der Waals surface area contributed by atoms with Crippen LogP contribution in [0.4, 0.5) is 17.5 Å². The maximum Gasteiger partial charge on any atom is 0.335 e. The van der Waals surface area contributed by atoms with Crippen LogP contribution in [-0.2, 0) is 19.6 Å². The number of nitrogens with one attached hydrogen (secondary N) is 3. The van der Waals surface area contributed by atoms with Crippen molar-refractivity contribution in [1.82, 2.24) is 29.9 Å². The van der Waals surface area contributed by atoms with Crippen molar-refractivity contribution in [2.24, 2.45) is 0 Å². The molecular formula is C42H39N9O6. The average Bonchev–Trinajstić information content (AvgIpc) is 3.24. The molecule has 1 aliphatic carbocycles. The van der Waals surface area contributed by atoms with Gasteiger partial charge in [-0.3, -0.25) is 15.0 Å². The van der Waals surface area contributed by atoms with E-state index in [9.17, 15) is 29.7 Å². The molecule has 0 radical (unpaired) electrons. The quantitative estimate of drug-likeness (QED) is 0.0630. The Hall–Kier alpha value is -7.29. The number of nitrogens with zero attached hydrogens (tertiary/aromatic N) is 6. The molecule has 15 heteroatoms. The SMILES string of the molecule is O=C(O)c1cc(NCc2ccccn2)nc(C2CC(c3cc(C(=O)O)cc(NCc4ccccn4)n3)CC(c3cc(C(=O)O)cc(NCc4ccccn4)n3)C2)c1. The number of anilines is 3. The van der Waals surface area contributed by atoms with Gasteiger partial charge in [0.2, 0.25) is 0 Å². The van der Waals surface area contributed by atoms with Crippen molar-refractivity contribution >= 4 is 35.4 Å². The van der Waals surface area contributed by atoms with Crippen LogP contribution < -0.4 is 16.0 Å². The molecule has 7 rings (SSSR count). The van der Waals surface area contributed by atoms with Gasteiger partial charge in [0.1, 0.15) is 17.5 Å². The molecule has 6 aromatic heterocycles.